The summed E-state index contributed by atoms with van der Waals surface area (Å²) in [6, 6.07) is 0. The molecule has 0 aliphatic rings. The van der Waals surface area contributed by atoms with Crippen molar-refractivity contribution in [2.45, 2.75) is 6.92 Å². The molecule has 0 aliphatic carbocycles. The van der Waals surface area contributed by atoms with E-state index in [0.717, 1.165) is 6.54 Å². The second-order valence-electron chi connectivity index (χ2n) is 1.71. The molecule has 7 heteroatoms. The fourth-order valence-corrected chi connectivity index (χ4v) is 0.913. The van der Waals surface area contributed by atoms with Gasteiger partial charge in [0.1, 0.15) is 0 Å². The van der Waals surface area contributed by atoms with Gasteiger partial charge in [0, 0.05) is 6.54 Å². The fraction of sp³-hybridized carbons (Fsp3) is 1.00. The second-order valence-corrected chi connectivity index (χ2v) is 3.43. The Kier molecular flexibility index (Phi) is 9.76. The van der Waals surface area contributed by atoms with E-state index in [4.69, 9.17) is 0 Å². The molecule has 0 amide bonds. The number of nitrogens with one attached hydrogen (secondary N) is 1. The molecular weight excluding hydrogens is 179 g/mol. The van der Waals surface area contributed by atoms with Crippen LogP contribution in [0.2, 0.25) is 0 Å². The van der Waals surface area contributed by atoms with E-state index in [1.807, 2.05) is 6.92 Å². The average Bonchev–Trinajstić information content (AvgIpc) is 1.89. The van der Waals surface area contributed by atoms with Gasteiger partial charge in [-0.15, -0.1) is 0 Å². The number of nitrogens with two attached hydrogens (primary N) is 1. The third-order valence-electron chi connectivity index (χ3n) is 0.925. The van der Waals surface area contributed by atoms with Crippen molar-refractivity contribution in [1.82, 2.24) is 5.32 Å². The molecule has 0 unspecified atom stereocenters. The van der Waals surface area contributed by atoms with Crippen molar-refractivity contribution in [3.63, 3.8) is 0 Å². The first-order chi connectivity index (χ1) is 4.62. The summed E-state index contributed by atoms with van der Waals surface area (Å²) in [7, 11) is -3.48. The summed E-state index contributed by atoms with van der Waals surface area (Å²) in [6.45, 7) is 2.99. The Labute approximate surface area is 89.0 Å². The normalized spacial score (nSPS) is 10.7. The third kappa shape index (κ3) is 8.74. The Morgan fingerprint density at radius 2 is 2.09 bits per heavy atom. The third-order valence-corrected chi connectivity index (χ3v) is 1.92. The number of rotatable bonds is 5. The molecule has 0 bridgehead atoms. The molecule has 0 aliphatic heterocycles. The van der Waals surface area contributed by atoms with Crippen LogP contribution in [0.4, 0.5) is 0 Å². The van der Waals surface area contributed by atoms with Gasteiger partial charge in [-0.3, -0.25) is 0 Å². The summed E-state index contributed by atoms with van der Waals surface area (Å²) in [5, 5.41) is 2.82. The van der Waals surface area contributed by atoms with Crippen molar-refractivity contribution in [3.05, 3.63) is 0 Å². The van der Waals surface area contributed by atoms with Gasteiger partial charge in [0.05, 0.1) is 5.75 Å². The molecule has 0 fully saturated rings. The van der Waals surface area contributed by atoms with E-state index in [-0.39, 0.29) is 35.3 Å². The maximum atomic E-state index is 10.5. The SMILES string of the molecule is CCNCCS(=O)(=O)ON.[NaH]. The molecule has 3 N–H and O–H groups in total. The van der Waals surface area contributed by atoms with Gasteiger partial charge in [0.25, 0.3) is 10.1 Å². The predicted octanol–water partition coefficient (Wildman–Crippen LogP) is -1.83. The van der Waals surface area contributed by atoms with Crippen molar-refractivity contribution >= 4 is 39.7 Å². The van der Waals surface area contributed by atoms with Crippen LogP contribution in [-0.2, 0) is 14.4 Å². The van der Waals surface area contributed by atoms with Crippen molar-refractivity contribution < 1.29 is 12.7 Å². The Bertz CT molecular complexity index is 170. The molecule has 0 rings (SSSR count). The first-order valence-electron chi connectivity index (χ1n) is 2.94. The summed E-state index contributed by atoms with van der Waals surface area (Å²) in [4.78, 5) is 0. The van der Waals surface area contributed by atoms with Crippen LogP contribution in [0.5, 0.6) is 0 Å². The van der Waals surface area contributed by atoms with Gasteiger partial charge in [-0.1, -0.05) is 6.92 Å². The first kappa shape index (κ1) is 14.4. The average molecular weight is 192 g/mol. The quantitative estimate of drug-likeness (QED) is 0.304. The van der Waals surface area contributed by atoms with Gasteiger partial charge >= 0.3 is 29.6 Å². The van der Waals surface area contributed by atoms with Gasteiger partial charge in [0.2, 0.25) is 0 Å². The van der Waals surface area contributed by atoms with Gasteiger partial charge < -0.3 is 5.32 Å². The van der Waals surface area contributed by atoms with Crippen LogP contribution in [0.1, 0.15) is 6.92 Å². The van der Waals surface area contributed by atoms with Gasteiger partial charge in [0.15, 0.2) is 0 Å². The van der Waals surface area contributed by atoms with Crippen LogP contribution < -0.4 is 11.2 Å². The summed E-state index contributed by atoms with van der Waals surface area (Å²) < 4.78 is 24.7. The van der Waals surface area contributed by atoms with E-state index >= 15 is 0 Å². The van der Waals surface area contributed by atoms with Crippen molar-refractivity contribution in [1.29, 1.82) is 0 Å². The Hall–Kier alpha value is 0.830. The van der Waals surface area contributed by atoms with E-state index in [2.05, 4.69) is 15.5 Å². The molecule has 0 saturated carbocycles. The van der Waals surface area contributed by atoms with Gasteiger partial charge in [-0.05, 0) is 6.54 Å². The van der Waals surface area contributed by atoms with Gasteiger partial charge in [-0.2, -0.15) is 18.6 Å². The van der Waals surface area contributed by atoms with Crippen LogP contribution in [0.25, 0.3) is 0 Å². The van der Waals surface area contributed by atoms with E-state index in [9.17, 15) is 8.42 Å². The molecule has 0 aromatic carbocycles. The van der Waals surface area contributed by atoms with Crippen molar-refractivity contribution in [2.75, 3.05) is 18.8 Å². The molecule has 0 spiro atoms. The Morgan fingerprint density at radius 1 is 1.55 bits per heavy atom. The molecule has 0 aromatic rings. The zero-order chi connectivity index (χ0) is 8.04. The van der Waals surface area contributed by atoms with Crippen LogP contribution in [0.3, 0.4) is 0 Å². The molecule has 64 valence electrons. The monoisotopic (exact) mass is 192 g/mol. The van der Waals surface area contributed by atoms with Crippen LogP contribution in [-0.4, -0.2) is 56.8 Å². The van der Waals surface area contributed by atoms with E-state index in [0.29, 0.717) is 6.54 Å². The van der Waals surface area contributed by atoms with E-state index in [1.165, 1.54) is 0 Å². The molecule has 0 atom stereocenters. The van der Waals surface area contributed by atoms with E-state index in [1.54, 1.807) is 0 Å². The maximum absolute atomic E-state index is 10.5. The van der Waals surface area contributed by atoms with E-state index < -0.39 is 10.1 Å². The zero-order valence-corrected chi connectivity index (χ0v) is 6.65. The molecule has 11 heavy (non-hydrogen) atoms. The topological polar surface area (TPSA) is 81.4 Å². The molecular formula is C4H13N2NaO3S. The fourth-order valence-electron chi connectivity index (χ4n) is 0.422. The van der Waals surface area contributed by atoms with Crippen LogP contribution in [0, 0.1) is 0 Å². The Balaban J connectivity index is 0. The molecule has 5 nitrogen and oxygen atoms in total. The molecule has 0 heterocycles. The summed E-state index contributed by atoms with van der Waals surface area (Å²) >= 11 is 0. The Morgan fingerprint density at radius 3 is 2.45 bits per heavy atom. The minimum atomic E-state index is -3.48. The summed E-state index contributed by atoms with van der Waals surface area (Å²) in [6.07, 6.45) is 0. The first-order valence-corrected chi connectivity index (χ1v) is 4.52. The second kappa shape index (κ2) is 7.48. The van der Waals surface area contributed by atoms with Crippen LogP contribution in [0.15, 0.2) is 0 Å². The van der Waals surface area contributed by atoms with Crippen LogP contribution >= 0.6 is 0 Å². The zero-order valence-electron chi connectivity index (χ0n) is 5.83. The summed E-state index contributed by atoms with van der Waals surface area (Å²) in [5.74, 6) is 4.39. The van der Waals surface area contributed by atoms with Crippen molar-refractivity contribution in [3.8, 4) is 0 Å². The predicted molar refractivity (Wildman–Crippen MR) is 44.8 cm³/mol. The standard InChI is InChI=1S/C4H12N2O3S.Na.H/c1-2-6-3-4-10(7,8)9-5;;/h6H,2-5H2,1H3;;. The molecule has 0 saturated heterocycles. The number of hydrogen-bond acceptors (Lipinski definition) is 5. The molecule has 0 aromatic heterocycles. The van der Waals surface area contributed by atoms with Gasteiger partial charge in [-0.25, -0.2) is 0 Å². The van der Waals surface area contributed by atoms with Crippen molar-refractivity contribution in [2.24, 2.45) is 5.90 Å². The number of hydrogen-bond donors (Lipinski definition) is 2. The summed E-state index contributed by atoms with van der Waals surface area (Å²) in [5.41, 5.74) is 0. The molecule has 0 radical (unpaired) electrons. The minimum absolute atomic E-state index is 0.